The van der Waals surface area contributed by atoms with Gasteiger partial charge in [0.05, 0.1) is 151 Å². The lowest BCUT2D eigenvalue weighted by Gasteiger charge is -2.36. The van der Waals surface area contributed by atoms with Crippen molar-refractivity contribution >= 4 is 79.2 Å². The molecule has 5 unspecified atom stereocenters. The first-order valence-electron chi connectivity index (χ1n) is 48.8. The van der Waals surface area contributed by atoms with E-state index in [0.29, 0.717) is 258 Å². The summed E-state index contributed by atoms with van der Waals surface area (Å²) in [6.45, 7) is 25.2. The van der Waals surface area contributed by atoms with Crippen LogP contribution in [0.2, 0.25) is 0 Å². The number of nitrogens with zero attached hydrogens (tertiary/aromatic N) is 20. The maximum absolute atomic E-state index is 13.7. The molecule has 8 fully saturated rings. The summed E-state index contributed by atoms with van der Waals surface area (Å²) in [6, 6.07) is 41.1. The molecule has 37 nitrogen and oxygen atoms in total. The molecule has 0 N–H and O–H groups in total. The average molecular weight is 2080 g/mol. The molecule has 13 aromatic rings. The van der Waals surface area contributed by atoms with E-state index in [0.717, 1.165) is 53.7 Å². The summed E-state index contributed by atoms with van der Waals surface area (Å²) in [4.78, 5) is 79.3. The van der Waals surface area contributed by atoms with Gasteiger partial charge in [-0.05, 0) is 171 Å². The van der Waals surface area contributed by atoms with Crippen LogP contribution in [0, 0.1) is 33.6 Å². The fourth-order valence-electron chi connectivity index (χ4n) is 17.6. The molecule has 0 spiro atoms. The lowest BCUT2D eigenvalue weighted by atomic mass is 10.2. The fraction of sp³-hybridized carbons (Fsp3) is 0.394. The second kappa shape index (κ2) is 47.0. The minimum atomic E-state index is -3.72. The molecule has 0 bridgehead atoms. The Morgan fingerprint density at radius 1 is 0.336 bits per heavy atom. The fourth-order valence-corrected chi connectivity index (χ4v) is 25.0. The van der Waals surface area contributed by atoms with Gasteiger partial charge in [0.15, 0.2) is 19.7 Å². The van der Waals surface area contributed by atoms with Crippen molar-refractivity contribution in [3.8, 4) is 62.0 Å². The zero-order chi connectivity index (χ0) is 101. The summed E-state index contributed by atoms with van der Waals surface area (Å²) >= 11 is 0. The third kappa shape index (κ3) is 25.6. The number of pyridine rings is 5. The van der Waals surface area contributed by atoms with Gasteiger partial charge in [-0.25, -0.2) is 108 Å². The number of rotatable bonds is 22. The molecule has 764 valence electrons. The SMILES string of the molecule is Cc1ncc(-c2cc(S(=O)(=O)C3CCOCC3)cc(N3CCOCC3)n2)cn1.Cc1ncc(-c2cc(S(=O)(=O)C3COc4ccccc43)cc(N3CCOCC3)n2)cn1.Cc1ncc(-c2cc(S(=O)(=O)c3ccccc3)cc(N3CC(C)OC(C)C3)n2)cn1.Cc1ncc(-c2cc(S(=O)C3CCOC3)cc(N3CCOCC3)n2)cn1.O=S(=O)(c1ccccc1)c1cc(-c2cnc(CC3CC3)nc2)nc(N2CCOCC2)c1. The average Bonchev–Trinajstić information content (AvgIpc) is 1.58. The van der Waals surface area contributed by atoms with E-state index >= 15 is 0 Å². The number of aromatic nitrogens is 15. The third-order valence-corrected chi connectivity index (χ3v) is 35.4. The topological polar surface area (TPSA) is 437 Å². The summed E-state index contributed by atoms with van der Waals surface area (Å²) in [6.07, 6.45) is 22.3. The first kappa shape index (κ1) is 103. The highest BCUT2D eigenvalue weighted by molar-refractivity contribution is 7.92. The lowest BCUT2D eigenvalue weighted by Crippen LogP contribution is -2.45. The number of fused-ring (bicyclic) bond motifs is 1. The molecule has 10 aromatic heterocycles. The summed E-state index contributed by atoms with van der Waals surface area (Å²) < 4.78 is 164. The van der Waals surface area contributed by atoms with Crippen LogP contribution in [-0.2, 0) is 89.7 Å². The minimum Gasteiger partial charge on any atom is -0.492 e. The van der Waals surface area contributed by atoms with Crippen molar-refractivity contribution < 1.29 is 75.8 Å². The number of ether oxygens (including phenoxy) is 8. The molecule has 18 heterocycles. The Morgan fingerprint density at radius 2 is 0.671 bits per heavy atom. The zero-order valence-electron chi connectivity index (χ0n) is 82.0. The Labute approximate surface area is 852 Å². The normalized spacial score (nSPS) is 19.1. The van der Waals surface area contributed by atoms with Gasteiger partial charge in [-0.3, -0.25) is 4.21 Å². The maximum Gasteiger partial charge on any atom is 0.206 e. The standard InChI is InChI=1S/C23H24N4O3S.C22H22N4O4S.C22H24N4O3S.C19H24N4O4S.C18H22N4O3S/c28-31(29,19-4-2-1-3-5-19)20-13-21(26-23(14-20)27-8-10-30-11-9-27)18-15-24-22(25-16-18)12-17-6-7-17;1-15-23-12-16(13-24-15)19-10-17(11-22(25-19)26-6-8-29-9-7-26)31(27,28)21-14-30-20-5-3-2-4-18(20)21;1-15-13-26(14-16(2)29-15)22-10-20(30(27,28)19-7-5-4-6-8-19)9-21(25-22)18-11-23-17(3)24-12-18;1-14-20-12-15(13-21-14)18-10-17(28(24,25)16-2-6-26-7-3-16)11-19(22-18)23-4-8-27-9-5-23;1-13-19-10-14(11-20-13)17-8-16(26(23)15-2-5-25-12-15)9-18(21-17)22-3-6-24-7-4-22/h1-5,13-17H,6-12H2;2-5,10-13,21H,6-9,14H2,1H3;4-12,15-16H,13-14H2,1-3H3;10-13,16H,2-9H2,1H3;8-11,15H,2-7,12H2,1H3. The van der Waals surface area contributed by atoms with E-state index in [-0.39, 0.29) is 48.5 Å². The maximum atomic E-state index is 13.7. The Kier molecular flexibility index (Phi) is 33.2. The molecule has 0 amide bonds. The van der Waals surface area contributed by atoms with Gasteiger partial charge >= 0.3 is 0 Å². The molecule has 22 rings (SSSR count). The van der Waals surface area contributed by atoms with Crippen molar-refractivity contribution in [2.45, 2.75) is 142 Å². The Bertz CT molecular complexity index is 7180. The molecule has 9 aliphatic rings. The van der Waals surface area contributed by atoms with E-state index in [9.17, 15) is 37.9 Å². The van der Waals surface area contributed by atoms with Crippen molar-refractivity contribution in [1.82, 2.24) is 74.8 Å². The number of sulfone groups is 4. The van der Waals surface area contributed by atoms with E-state index < -0.39 is 60.6 Å². The van der Waals surface area contributed by atoms with Crippen LogP contribution in [0.15, 0.2) is 242 Å². The van der Waals surface area contributed by atoms with Crippen LogP contribution in [0.1, 0.15) is 85.9 Å². The molecular formula is C104H116N20O17S5. The van der Waals surface area contributed by atoms with Gasteiger partial charge < -0.3 is 62.4 Å². The quantitative estimate of drug-likeness (QED) is 0.0608. The number of benzene rings is 3. The number of anilines is 5. The first-order valence-corrected chi connectivity index (χ1v) is 56.1. The predicted molar refractivity (Wildman–Crippen MR) is 548 cm³/mol. The zero-order valence-corrected chi connectivity index (χ0v) is 86.1. The number of aryl methyl sites for hydroxylation is 4. The van der Waals surface area contributed by atoms with E-state index in [1.807, 2.05) is 62.9 Å². The van der Waals surface area contributed by atoms with E-state index in [1.54, 1.807) is 191 Å². The number of hydrogen-bond donors (Lipinski definition) is 0. The molecule has 1 aliphatic carbocycles. The molecule has 3 aromatic carbocycles. The van der Waals surface area contributed by atoms with Gasteiger partial charge in [-0.1, -0.05) is 54.6 Å². The van der Waals surface area contributed by atoms with E-state index in [2.05, 4.69) is 69.4 Å². The Morgan fingerprint density at radius 3 is 1.06 bits per heavy atom. The number of para-hydroxylation sites is 1. The molecular weight excluding hydrogens is 1960 g/mol. The highest BCUT2D eigenvalue weighted by atomic mass is 32.2. The summed E-state index contributed by atoms with van der Waals surface area (Å²) in [5.74, 6) is 8.10. The lowest BCUT2D eigenvalue weighted by molar-refractivity contribution is -0.00547. The van der Waals surface area contributed by atoms with Gasteiger partial charge in [0, 0.05) is 192 Å². The molecule has 5 atom stereocenters. The van der Waals surface area contributed by atoms with Crippen LogP contribution in [0.25, 0.3) is 56.3 Å². The van der Waals surface area contributed by atoms with Crippen LogP contribution in [0.4, 0.5) is 29.1 Å². The summed E-state index contributed by atoms with van der Waals surface area (Å²) in [5.41, 5.74) is 7.16. The van der Waals surface area contributed by atoms with Crippen LogP contribution in [-0.4, -0.2) is 287 Å². The summed E-state index contributed by atoms with van der Waals surface area (Å²) in [5, 5.41) is -1.15. The predicted octanol–water partition coefficient (Wildman–Crippen LogP) is 12.3. The second-order valence-corrected chi connectivity index (χ2v) is 46.5. The highest BCUT2D eigenvalue weighted by Gasteiger charge is 2.39. The number of hydrogen-bond acceptors (Lipinski definition) is 37. The van der Waals surface area contributed by atoms with Crippen LogP contribution >= 0.6 is 0 Å². The molecule has 0 radical (unpaired) electrons. The van der Waals surface area contributed by atoms with Gasteiger partial charge in [-0.2, -0.15) is 0 Å². The van der Waals surface area contributed by atoms with Crippen LogP contribution in [0.3, 0.4) is 0 Å². The molecule has 146 heavy (non-hydrogen) atoms. The molecule has 42 heteroatoms. The second-order valence-electron chi connectivity index (χ2n) is 36.6. The van der Waals surface area contributed by atoms with Crippen molar-refractivity contribution in [1.29, 1.82) is 0 Å². The van der Waals surface area contributed by atoms with Gasteiger partial charge in [0.25, 0.3) is 0 Å². The molecule has 7 saturated heterocycles. The highest BCUT2D eigenvalue weighted by Crippen LogP contribution is 2.43. The smallest absolute Gasteiger partial charge is 0.206 e. The minimum absolute atomic E-state index is 0.0242. The van der Waals surface area contributed by atoms with Gasteiger partial charge in [0.2, 0.25) is 19.7 Å². The van der Waals surface area contributed by atoms with Crippen molar-refractivity contribution in [2.24, 2.45) is 5.92 Å². The number of morpholine rings is 5. The molecule has 1 saturated carbocycles. The van der Waals surface area contributed by atoms with Crippen LogP contribution < -0.4 is 29.2 Å². The Balaban J connectivity index is 0.000000120. The van der Waals surface area contributed by atoms with Gasteiger partial charge in [-0.15, -0.1) is 0 Å². The van der Waals surface area contributed by atoms with E-state index in [1.165, 1.54) is 12.8 Å². The molecule has 8 aliphatic heterocycles. The first-order chi connectivity index (χ1) is 70.7. The third-order valence-electron chi connectivity index (χ3n) is 25.9. The van der Waals surface area contributed by atoms with Crippen molar-refractivity contribution in [2.75, 3.05) is 176 Å². The van der Waals surface area contributed by atoms with Crippen molar-refractivity contribution in [3.05, 3.63) is 242 Å². The largest absolute Gasteiger partial charge is 0.492 e. The van der Waals surface area contributed by atoms with Gasteiger partial charge in [0.1, 0.15) is 75.8 Å². The van der Waals surface area contributed by atoms with Crippen molar-refractivity contribution in [3.63, 3.8) is 0 Å². The van der Waals surface area contributed by atoms with E-state index in [4.69, 9.17) is 62.8 Å². The Hall–Kier alpha value is -12.7. The summed E-state index contributed by atoms with van der Waals surface area (Å²) in [7, 11) is -15.7. The van der Waals surface area contributed by atoms with Crippen LogP contribution in [0.5, 0.6) is 5.75 Å². The monoisotopic (exact) mass is 2080 g/mol.